The molecule has 0 fully saturated rings. The van der Waals surface area contributed by atoms with Gasteiger partial charge in [0.1, 0.15) is 5.82 Å². The zero-order valence-corrected chi connectivity index (χ0v) is 17.8. The minimum Gasteiger partial charge on any atom is -0.383 e. The minimum absolute atomic E-state index is 0.470. The number of benzene rings is 3. The molecule has 1 heterocycles. The molecule has 0 bridgehead atoms. The average molecular weight is 395 g/mol. The number of rotatable bonds is 4. The lowest BCUT2D eigenvalue weighted by atomic mass is 9.92. The Morgan fingerprint density at radius 3 is 2.27 bits per heavy atom. The van der Waals surface area contributed by atoms with E-state index in [1.807, 2.05) is 31.2 Å². The van der Waals surface area contributed by atoms with Gasteiger partial charge in [-0.05, 0) is 68.1 Å². The molecule has 4 aromatic rings. The van der Waals surface area contributed by atoms with E-state index >= 15 is 0 Å². The number of para-hydroxylation sites is 1. The second-order valence-corrected chi connectivity index (χ2v) is 7.65. The molecule has 4 rings (SSSR count). The number of nitrogens with two attached hydrogens (primary N) is 1. The summed E-state index contributed by atoms with van der Waals surface area (Å²) in [6.45, 7) is 8.38. The van der Waals surface area contributed by atoms with Gasteiger partial charge in [-0.3, -0.25) is 0 Å². The highest BCUT2D eigenvalue weighted by Crippen LogP contribution is 2.35. The molecule has 0 saturated heterocycles. The fourth-order valence-corrected chi connectivity index (χ4v) is 3.91. The van der Waals surface area contributed by atoms with Crippen LogP contribution < -0.4 is 11.1 Å². The Balaban J connectivity index is 1.87. The van der Waals surface area contributed by atoms with Gasteiger partial charge in [0.2, 0.25) is 5.95 Å². The van der Waals surface area contributed by atoms with Gasteiger partial charge in [0.25, 0.3) is 0 Å². The van der Waals surface area contributed by atoms with Gasteiger partial charge >= 0.3 is 0 Å². The Kier molecular flexibility index (Phi) is 5.23. The summed E-state index contributed by atoms with van der Waals surface area (Å²) in [6, 6.07) is 18.6. The van der Waals surface area contributed by atoms with Crippen LogP contribution in [-0.4, -0.2) is 9.97 Å². The molecular formula is C26H26N4. The van der Waals surface area contributed by atoms with Gasteiger partial charge in [0.15, 0.2) is 0 Å². The summed E-state index contributed by atoms with van der Waals surface area (Å²) >= 11 is 0. The largest absolute Gasteiger partial charge is 0.383 e. The highest BCUT2D eigenvalue weighted by atomic mass is 15.1. The van der Waals surface area contributed by atoms with Crippen LogP contribution in [0.2, 0.25) is 0 Å². The van der Waals surface area contributed by atoms with E-state index in [0.717, 1.165) is 22.2 Å². The molecule has 4 nitrogen and oxygen atoms in total. The van der Waals surface area contributed by atoms with Crippen LogP contribution in [-0.2, 0) is 0 Å². The van der Waals surface area contributed by atoms with Crippen LogP contribution in [0.1, 0.15) is 29.2 Å². The fraction of sp³-hybridized carbons (Fsp3) is 0.154. The van der Waals surface area contributed by atoms with Gasteiger partial charge in [0, 0.05) is 16.6 Å². The van der Waals surface area contributed by atoms with Crippen LogP contribution in [0.25, 0.3) is 28.1 Å². The first-order chi connectivity index (χ1) is 14.5. The van der Waals surface area contributed by atoms with E-state index in [1.54, 1.807) is 0 Å². The molecule has 0 radical (unpaired) electrons. The number of nitrogens with zero attached hydrogens (tertiary/aromatic N) is 2. The first-order valence-electron chi connectivity index (χ1n) is 10.1. The maximum Gasteiger partial charge on any atom is 0.229 e. The van der Waals surface area contributed by atoms with Crippen LogP contribution in [0, 0.1) is 20.8 Å². The monoisotopic (exact) mass is 394 g/mol. The standard InChI is InChI=1S/C26H26N4/c1-5-7-19-14-17(3)23(18(4)15-19)21-8-6-9-22-24(21)29-26(30-25(22)27)28-20-12-10-16(2)11-13-20/h5-15H,1-4H3,(H3,27,28,29,30)/b7-5+. The van der Waals surface area contributed by atoms with Crippen LogP contribution >= 0.6 is 0 Å². The van der Waals surface area contributed by atoms with Crippen molar-refractivity contribution in [1.29, 1.82) is 0 Å². The molecule has 0 atom stereocenters. The Morgan fingerprint density at radius 2 is 1.60 bits per heavy atom. The Hall–Kier alpha value is -3.66. The minimum atomic E-state index is 0.470. The Bertz CT molecular complexity index is 1230. The normalized spacial score (nSPS) is 11.3. The van der Waals surface area contributed by atoms with E-state index in [0.29, 0.717) is 11.8 Å². The maximum atomic E-state index is 6.32. The number of anilines is 3. The topological polar surface area (TPSA) is 63.8 Å². The summed E-state index contributed by atoms with van der Waals surface area (Å²) in [5.41, 5.74) is 15.2. The molecule has 0 unspecified atom stereocenters. The predicted molar refractivity (Wildman–Crippen MR) is 128 cm³/mol. The van der Waals surface area contributed by atoms with Crippen LogP contribution in [0.15, 0.2) is 60.7 Å². The summed E-state index contributed by atoms with van der Waals surface area (Å²) in [4.78, 5) is 9.34. The number of hydrogen-bond donors (Lipinski definition) is 2. The van der Waals surface area contributed by atoms with Crippen LogP contribution in [0.5, 0.6) is 0 Å². The van der Waals surface area contributed by atoms with Gasteiger partial charge in [0.05, 0.1) is 5.52 Å². The molecular weight excluding hydrogens is 368 g/mol. The lowest BCUT2D eigenvalue weighted by Gasteiger charge is -2.15. The third-order valence-electron chi connectivity index (χ3n) is 5.25. The summed E-state index contributed by atoms with van der Waals surface area (Å²) in [5.74, 6) is 0.967. The zero-order chi connectivity index (χ0) is 21.3. The number of hydrogen-bond acceptors (Lipinski definition) is 4. The van der Waals surface area contributed by atoms with E-state index in [1.165, 1.54) is 27.8 Å². The van der Waals surface area contributed by atoms with Crippen molar-refractivity contribution >= 4 is 34.4 Å². The van der Waals surface area contributed by atoms with Crippen molar-refractivity contribution in [2.75, 3.05) is 11.1 Å². The quantitative estimate of drug-likeness (QED) is 0.410. The number of nitrogen functional groups attached to an aromatic ring is 1. The third-order valence-corrected chi connectivity index (χ3v) is 5.25. The maximum absolute atomic E-state index is 6.32. The summed E-state index contributed by atoms with van der Waals surface area (Å²) < 4.78 is 0. The lowest BCUT2D eigenvalue weighted by Crippen LogP contribution is -2.03. The fourth-order valence-electron chi connectivity index (χ4n) is 3.91. The second kappa shape index (κ2) is 7.99. The van der Waals surface area contributed by atoms with Crippen molar-refractivity contribution in [3.05, 3.63) is 82.9 Å². The van der Waals surface area contributed by atoms with Gasteiger partial charge in [-0.1, -0.05) is 54.1 Å². The molecule has 0 aliphatic heterocycles. The van der Waals surface area contributed by atoms with Gasteiger partial charge in [-0.15, -0.1) is 0 Å². The molecule has 0 aliphatic carbocycles. The van der Waals surface area contributed by atoms with Crippen molar-refractivity contribution in [2.24, 2.45) is 0 Å². The highest BCUT2D eigenvalue weighted by molar-refractivity contribution is 6.00. The van der Waals surface area contributed by atoms with Gasteiger partial charge in [-0.2, -0.15) is 4.98 Å². The number of aryl methyl sites for hydroxylation is 3. The van der Waals surface area contributed by atoms with Crippen LogP contribution in [0.3, 0.4) is 0 Å². The van der Waals surface area contributed by atoms with Crippen molar-refractivity contribution in [2.45, 2.75) is 27.7 Å². The average Bonchev–Trinajstić information content (AvgIpc) is 2.70. The molecule has 0 saturated carbocycles. The Labute approximate surface area is 177 Å². The smallest absolute Gasteiger partial charge is 0.229 e. The number of aromatic nitrogens is 2. The second-order valence-electron chi connectivity index (χ2n) is 7.65. The van der Waals surface area contributed by atoms with Gasteiger partial charge in [-0.25, -0.2) is 4.98 Å². The molecule has 3 N–H and O–H groups in total. The molecule has 0 aliphatic rings. The summed E-state index contributed by atoms with van der Waals surface area (Å²) in [5, 5.41) is 4.15. The van der Waals surface area contributed by atoms with E-state index < -0.39 is 0 Å². The van der Waals surface area contributed by atoms with Crippen molar-refractivity contribution in [3.8, 4) is 11.1 Å². The molecule has 4 heteroatoms. The first-order valence-corrected chi connectivity index (χ1v) is 10.1. The lowest BCUT2D eigenvalue weighted by molar-refractivity contribution is 1.22. The van der Waals surface area contributed by atoms with Crippen molar-refractivity contribution < 1.29 is 0 Å². The third kappa shape index (κ3) is 3.77. The number of nitrogens with one attached hydrogen (secondary N) is 1. The molecule has 150 valence electrons. The highest BCUT2D eigenvalue weighted by Gasteiger charge is 2.14. The summed E-state index contributed by atoms with van der Waals surface area (Å²) in [6.07, 6.45) is 4.18. The van der Waals surface area contributed by atoms with Crippen LogP contribution in [0.4, 0.5) is 17.5 Å². The van der Waals surface area contributed by atoms with E-state index in [4.69, 9.17) is 10.7 Å². The predicted octanol–water partition coefficient (Wildman–Crippen LogP) is 6.58. The van der Waals surface area contributed by atoms with Crippen molar-refractivity contribution in [3.63, 3.8) is 0 Å². The van der Waals surface area contributed by atoms with Crippen molar-refractivity contribution in [1.82, 2.24) is 9.97 Å². The van der Waals surface area contributed by atoms with E-state index in [9.17, 15) is 0 Å². The molecule has 1 aromatic heterocycles. The number of allylic oxidation sites excluding steroid dienone is 1. The van der Waals surface area contributed by atoms with E-state index in [2.05, 4.69) is 73.6 Å². The Morgan fingerprint density at radius 1 is 0.900 bits per heavy atom. The SMILES string of the molecule is C/C=C/c1cc(C)c(-c2cccc3c(N)nc(Nc4ccc(C)cc4)nc23)c(C)c1. The number of fused-ring (bicyclic) bond motifs is 1. The molecule has 0 spiro atoms. The van der Waals surface area contributed by atoms with E-state index in [-0.39, 0.29) is 0 Å². The molecule has 3 aromatic carbocycles. The summed E-state index contributed by atoms with van der Waals surface area (Å²) in [7, 11) is 0. The molecule has 0 amide bonds. The molecule has 30 heavy (non-hydrogen) atoms. The first kappa shape index (κ1) is 19.6. The zero-order valence-electron chi connectivity index (χ0n) is 17.8. The van der Waals surface area contributed by atoms with Gasteiger partial charge < -0.3 is 11.1 Å².